The Kier molecular flexibility index (Phi) is 5.63. The van der Waals surface area contributed by atoms with E-state index in [4.69, 9.17) is 4.74 Å². The second kappa shape index (κ2) is 8.10. The van der Waals surface area contributed by atoms with Gasteiger partial charge in [0.25, 0.3) is 11.8 Å². The number of rotatable bonds is 5. The lowest BCUT2D eigenvalue weighted by molar-refractivity contribution is -0.124. The zero-order valence-electron chi connectivity index (χ0n) is 15.1. The summed E-state index contributed by atoms with van der Waals surface area (Å²) in [6.45, 7) is 3.09. The molecule has 1 aliphatic rings. The highest BCUT2D eigenvalue weighted by Crippen LogP contribution is 2.18. The molecule has 0 aliphatic carbocycles. The zero-order valence-corrected chi connectivity index (χ0v) is 15.1. The first kappa shape index (κ1) is 18.1. The Labute approximate surface area is 153 Å². The molecule has 0 spiro atoms. The topological polar surface area (TPSA) is 71.5 Å². The molecule has 1 N–H and O–H groups in total. The minimum Gasteiger partial charge on any atom is -0.368 e. The molecule has 2 amide bonds. The monoisotopic (exact) mass is 353 g/mol. The maximum Gasteiger partial charge on any atom is 0.253 e. The van der Waals surface area contributed by atoms with Crippen molar-refractivity contribution in [3.8, 4) is 0 Å². The second-order valence-electron chi connectivity index (χ2n) is 6.54. The van der Waals surface area contributed by atoms with Gasteiger partial charge in [-0.3, -0.25) is 14.6 Å². The van der Waals surface area contributed by atoms with Crippen molar-refractivity contribution in [1.29, 1.82) is 0 Å². The molecular formula is C20H23N3O3. The van der Waals surface area contributed by atoms with Gasteiger partial charge in [0, 0.05) is 43.8 Å². The summed E-state index contributed by atoms with van der Waals surface area (Å²) >= 11 is 0. The number of benzene rings is 1. The molecule has 1 fully saturated rings. The van der Waals surface area contributed by atoms with Gasteiger partial charge in [0.15, 0.2) is 0 Å². The summed E-state index contributed by atoms with van der Waals surface area (Å²) in [5.74, 6) is -0.262. The van der Waals surface area contributed by atoms with Gasteiger partial charge in [0.05, 0.1) is 0 Å². The first-order valence-electron chi connectivity index (χ1n) is 8.72. The summed E-state index contributed by atoms with van der Waals surface area (Å²) < 4.78 is 5.39. The third kappa shape index (κ3) is 4.26. The third-order valence-corrected chi connectivity index (χ3v) is 4.49. The average Bonchev–Trinajstić information content (AvgIpc) is 3.18. The number of amides is 2. The summed E-state index contributed by atoms with van der Waals surface area (Å²) in [4.78, 5) is 30.6. The van der Waals surface area contributed by atoms with Crippen molar-refractivity contribution in [2.75, 3.05) is 19.0 Å². The first-order valence-corrected chi connectivity index (χ1v) is 8.72. The molecule has 6 nitrogen and oxygen atoms in total. The molecule has 1 aliphatic heterocycles. The fourth-order valence-electron chi connectivity index (χ4n) is 2.96. The summed E-state index contributed by atoms with van der Waals surface area (Å²) in [6.07, 6.45) is 4.75. The number of aryl methyl sites for hydroxylation is 1. The number of ether oxygens (including phenoxy) is 1. The molecule has 0 saturated carbocycles. The van der Waals surface area contributed by atoms with Crippen LogP contribution in [0.5, 0.6) is 0 Å². The van der Waals surface area contributed by atoms with E-state index in [2.05, 4.69) is 10.3 Å². The fraction of sp³-hybridized carbons (Fsp3) is 0.350. The summed E-state index contributed by atoms with van der Waals surface area (Å²) in [7, 11) is 1.76. The molecule has 1 saturated heterocycles. The van der Waals surface area contributed by atoms with E-state index >= 15 is 0 Å². The van der Waals surface area contributed by atoms with Crippen LogP contribution in [0.3, 0.4) is 0 Å². The quantitative estimate of drug-likeness (QED) is 0.897. The molecule has 1 atom stereocenters. The van der Waals surface area contributed by atoms with Crippen molar-refractivity contribution in [2.45, 2.75) is 32.4 Å². The molecule has 1 aromatic heterocycles. The lowest BCUT2D eigenvalue weighted by Crippen LogP contribution is -2.28. The predicted molar refractivity (Wildman–Crippen MR) is 98.8 cm³/mol. The number of carbonyl (C=O) groups excluding carboxylic acids is 2. The standard InChI is InChI=1S/C20H23N3O3/c1-14-12-21-9-8-16(14)13-23(2)20(25)15-5-3-6-17(11-15)22-19(24)18-7-4-10-26-18/h3,5-6,8-9,11-12,18H,4,7,10,13H2,1-2H3,(H,22,24)/t18-/m1/s1. The number of aromatic nitrogens is 1. The molecule has 2 heterocycles. The number of hydrogen-bond donors (Lipinski definition) is 1. The lowest BCUT2D eigenvalue weighted by atomic mass is 10.1. The summed E-state index contributed by atoms with van der Waals surface area (Å²) in [6, 6.07) is 8.91. The Morgan fingerprint density at radius 3 is 2.92 bits per heavy atom. The highest BCUT2D eigenvalue weighted by molar-refractivity contribution is 5.98. The van der Waals surface area contributed by atoms with Crippen LogP contribution in [0.4, 0.5) is 5.69 Å². The van der Waals surface area contributed by atoms with E-state index in [1.165, 1.54) is 0 Å². The van der Waals surface area contributed by atoms with E-state index in [1.807, 2.05) is 13.0 Å². The van der Waals surface area contributed by atoms with Crippen molar-refractivity contribution in [1.82, 2.24) is 9.88 Å². The molecule has 0 radical (unpaired) electrons. The van der Waals surface area contributed by atoms with Crippen LogP contribution in [0.1, 0.15) is 34.3 Å². The molecule has 3 rings (SSSR count). The van der Waals surface area contributed by atoms with Gasteiger partial charge in [-0.15, -0.1) is 0 Å². The van der Waals surface area contributed by atoms with Crippen LogP contribution in [0, 0.1) is 6.92 Å². The Balaban J connectivity index is 1.67. The minimum absolute atomic E-state index is 0.102. The van der Waals surface area contributed by atoms with E-state index in [0.29, 0.717) is 24.4 Å². The van der Waals surface area contributed by atoms with Crippen LogP contribution >= 0.6 is 0 Å². The number of pyridine rings is 1. The van der Waals surface area contributed by atoms with Crippen LogP contribution in [-0.2, 0) is 16.1 Å². The fourth-order valence-corrected chi connectivity index (χ4v) is 2.96. The molecule has 6 heteroatoms. The van der Waals surface area contributed by atoms with Crippen LogP contribution in [0.2, 0.25) is 0 Å². The van der Waals surface area contributed by atoms with Crippen molar-refractivity contribution >= 4 is 17.5 Å². The van der Waals surface area contributed by atoms with Crippen molar-refractivity contribution in [2.24, 2.45) is 0 Å². The highest BCUT2D eigenvalue weighted by atomic mass is 16.5. The van der Waals surface area contributed by atoms with Gasteiger partial charge in [0.1, 0.15) is 6.10 Å². The van der Waals surface area contributed by atoms with Gasteiger partial charge >= 0.3 is 0 Å². The van der Waals surface area contributed by atoms with Gasteiger partial charge in [-0.2, -0.15) is 0 Å². The van der Waals surface area contributed by atoms with E-state index < -0.39 is 6.10 Å². The van der Waals surface area contributed by atoms with E-state index in [-0.39, 0.29) is 11.8 Å². The number of nitrogens with zero attached hydrogens (tertiary/aromatic N) is 2. The Hall–Kier alpha value is -2.73. The SMILES string of the molecule is Cc1cnccc1CN(C)C(=O)c1cccc(NC(=O)[C@H]2CCCO2)c1. The zero-order chi connectivity index (χ0) is 18.5. The molecule has 26 heavy (non-hydrogen) atoms. The average molecular weight is 353 g/mol. The van der Waals surface area contributed by atoms with Crippen LogP contribution in [0.15, 0.2) is 42.7 Å². The minimum atomic E-state index is -0.397. The number of nitrogens with one attached hydrogen (secondary N) is 1. The largest absolute Gasteiger partial charge is 0.368 e. The smallest absolute Gasteiger partial charge is 0.253 e. The number of hydrogen-bond acceptors (Lipinski definition) is 4. The normalized spacial score (nSPS) is 16.3. The van der Waals surface area contributed by atoms with Crippen LogP contribution in [0.25, 0.3) is 0 Å². The van der Waals surface area contributed by atoms with E-state index in [9.17, 15) is 9.59 Å². The number of anilines is 1. The van der Waals surface area contributed by atoms with Crippen molar-refractivity contribution < 1.29 is 14.3 Å². The Morgan fingerprint density at radius 1 is 1.35 bits per heavy atom. The van der Waals surface area contributed by atoms with Gasteiger partial charge in [0.2, 0.25) is 0 Å². The van der Waals surface area contributed by atoms with Crippen molar-refractivity contribution in [3.05, 3.63) is 59.4 Å². The molecule has 0 unspecified atom stereocenters. The second-order valence-corrected chi connectivity index (χ2v) is 6.54. The molecular weight excluding hydrogens is 330 g/mol. The van der Waals surface area contributed by atoms with Gasteiger partial charge < -0.3 is 15.0 Å². The molecule has 1 aromatic carbocycles. The van der Waals surface area contributed by atoms with Crippen LogP contribution in [-0.4, -0.2) is 41.5 Å². The number of carbonyl (C=O) groups is 2. The van der Waals surface area contributed by atoms with E-state index in [1.54, 1.807) is 48.6 Å². The molecule has 2 aromatic rings. The Bertz CT molecular complexity index is 800. The van der Waals surface area contributed by atoms with Crippen molar-refractivity contribution in [3.63, 3.8) is 0 Å². The lowest BCUT2D eigenvalue weighted by Gasteiger charge is -2.19. The van der Waals surface area contributed by atoms with Gasteiger partial charge in [-0.1, -0.05) is 6.07 Å². The van der Waals surface area contributed by atoms with Gasteiger partial charge in [-0.05, 0) is 55.2 Å². The third-order valence-electron chi connectivity index (χ3n) is 4.49. The summed E-state index contributed by atoms with van der Waals surface area (Å²) in [5.41, 5.74) is 3.23. The molecule has 0 bridgehead atoms. The summed E-state index contributed by atoms with van der Waals surface area (Å²) in [5, 5.41) is 2.83. The predicted octanol–water partition coefficient (Wildman–Crippen LogP) is 2.78. The van der Waals surface area contributed by atoms with Crippen LogP contribution < -0.4 is 5.32 Å². The maximum atomic E-state index is 12.7. The Morgan fingerprint density at radius 2 is 2.19 bits per heavy atom. The highest BCUT2D eigenvalue weighted by Gasteiger charge is 2.23. The van der Waals surface area contributed by atoms with E-state index in [0.717, 1.165) is 24.0 Å². The maximum absolute atomic E-state index is 12.7. The molecule has 136 valence electrons. The first-order chi connectivity index (χ1) is 12.5. The van der Waals surface area contributed by atoms with Gasteiger partial charge in [-0.25, -0.2) is 0 Å².